The monoisotopic (exact) mass is 243 g/mol. The van der Waals surface area contributed by atoms with Gasteiger partial charge in [0.1, 0.15) is 4.88 Å². The van der Waals surface area contributed by atoms with Crippen LogP contribution >= 0.6 is 11.3 Å². The number of esters is 1. The van der Waals surface area contributed by atoms with Crippen LogP contribution in [0.25, 0.3) is 0 Å². The lowest BCUT2D eigenvalue weighted by Crippen LogP contribution is -2.11. The zero-order valence-electron chi connectivity index (χ0n) is 9.02. The molecule has 1 aromatic rings. The second-order valence-electron chi connectivity index (χ2n) is 3.69. The molecule has 0 atom stereocenters. The van der Waals surface area contributed by atoms with Crippen LogP contribution in [0.1, 0.15) is 33.9 Å². The van der Waals surface area contributed by atoms with E-state index in [9.17, 15) is 9.59 Å². The summed E-state index contributed by atoms with van der Waals surface area (Å²) in [5, 5.41) is 10.2. The van der Waals surface area contributed by atoms with E-state index in [1.54, 1.807) is 0 Å². The van der Waals surface area contributed by atoms with Gasteiger partial charge in [-0.2, -0.15) is 0 Å². The lowest BCUT2D eigenvalue weighted by atomic mass is 10.2. The van der Waals surface area contributed by atoms with Crippen LogP contribution < -0.4 is 5.73 Å². The van der Waals surface area contributed by atoms with Gasteiger partial charge in [0.2, 0.25) is 0 Å². The van der Waals surface area contributed by atoms with E-state index >= 15 is 0 Å². The van der Waals surface area contributed by atoms with Crippen LogP contribution in [-0.2, 0) is 4.74 Å². The zero-order chi connectivity index (χ0) is 12.3. The Morgan fingerprint density at radius 2 is 2.19 bits per heavy atom. The van der Waals surface area contributed by atoms with Gasteiger partial charge in [0.05, 0.1) is 17.9 Å². The van der Waals surface area contributed by atoms with Crippen LogP contribution in [-0.4, -0.2) is 23.7 Å². The van der Waals surface area contributed by atoms with Gasteiger partial charge in [-0.25, -0.2) is 9.59 Å². The number of thiophene rings is 1. The molecule has 0 aliphatic carbocycles. The van der Waals surface area contributed by atoms with E-state index in [0.717, 1.165) is 11.3 Å². The van der Waals surface area contributed by atoms with Gasteiger partial charge in [-0.3, -0.25) is 0 Å². The van der Waals surface area contributed by atoms with Crippen molar-refractivity contribution in [3.8, 4) is 0 Å². The first kappa shape index (κ1) is 12.5. The summed E-state index contributed by atoms with van der Waals surface area (Å²) in [6, 6.07) is 0. The quantitative estimate of drug-likeness (QED) is 0.787. The SMILES string of the molecule is CC(C)COC(=O)c1csc(C(=O)O)c1N. The van der Waals surface area contributed by atoms with Crippen molar-refractivity contribution in [1.82, 2.24) is 0 Å². The topological polar surface area (TPSA) is 89.6 Å². The molecule has 5 nitrogen and oxygen atoms in total. The van der Waals surface area contributed by atoms with Crippen molar-refractivity contribution in [2.24, 2.45) is 5.92 Å². The standard InChI is InChI=1S/C10H13NO4S/c1-5(2)3-15-10(14)6-4-16-8(7(6)11)9(12)13/h4-5H,3,11H2,1-2H3,(H,12,13). The first-order valence-electron chi connectivity index (χ1n) is 4.70. The van der Waals surface area contributed by atoms with Crippen LogP contribution in [0.3, 0.4) is 0 Å². The normalized spacial score (nSPS) is 10.4. The number of aromatic carboxylic acids is 1. The Hall–Kier alpha value is -1.56. The highest BCUT2D eigenvalue weighted by Gasteiger charge is 2.20. The van der Waals surface area contributed by atoms with Gasteiger partial charge in [-0.1, -0.05) is 13.8 Å². The Morgan fingerprint density at radius 1 is 1.56 bits per heavy atom. The molecule has 1 heterocycles. The number of nitrogen functional groups attached to an aromatic ring is 1. The Kier molecular flexibility index (Phi) is 3.89. The van der Waals surface area contributed by atoms with Crippen molar-refractivity contribution >= 4 is 29.0 Å². The number of hydrogen-bond donors (Lipinski definition) is 2. The summed E-state index contributed by atoms with van der Waals surface area (Å²) in [7, 11) is 0. The van der Waals surface area contributed by atoms with Crippen LogP contribution in [0.4, 0.5) is 5.69 Å². The number of carbonyl (C=O) groups is 2. The molecule has 0 spiro atoms. The van der Waals surface area contributed by atoms with Gasteiger partial charge in [0, 0.05) is 5.38 Å². The molecule has 0 amide bonds. The molecule has 1 aromatic heterocycles. The van der Waals surface area contributed by atoms with Crippen molar-refractivity contribution < 1.29 is 19.4 Å². The molecule has 0 radical (unpaired) electrons. The number of hydrogen-bond acceptors (Lipinski definition) is 5. The maximum absolute atomic E-state index is 11.5. The zero-order valence-corrected chi connectivity index (χ0v) is 9.84. The average molecular weight is 243 g/mol. The summed E-state index contributed by atoms with van der Waals surface area (Å²) >= 11 is 0.921. The summed E-state index contributed by atoms with van der Waals surface area (Å²) in [5.41, 5.74) is 5.65. The molecule has 0 aliphatic rings. The minimum absolute atomic E-state index is 0.0220. The summed E-state index contributed by atoms with van der Waals surface area (Å²) in [5.74, 6) is -1.48. The number of carbonyl (C=O) groups excluding carboxylic acids is 1. The predicted octanol–water partition coefficient (Wildman–Crippen LogP) is 1.84. The van der Waals surface area contributed by atoms with Gasteiger partial charge in [0.25, 0.3) is 0 Å². The first-order valence-corrected chi connectivity index (χ1v) is 5.58. The molecule has 0 unspecified atom stereocenters. The van der Waals surface area contributed by atoms with E-state index in [1.807, 2.05) is 13.8 Å². The highest BCUT2D eigenvalue weighted by molar-refractivity contribution is 7.13. The Bertz CT molecular complexity index is 411. The molecule has 0 bridgehead atoms. The van der Waals surface area contributed by atoms with Crippen LogP contribution in [0.2, 0.25) is 0 Å². The molecular weight excluding hydrogens is 230 g/mol. The molecule has 88 valence electrons. The fourth-order valence-electron chi connectivity index (χ4n) is 1.01. The summed E-state index contributed by atoms with van der Waals surface area (Å²) in [6.45, 7) is 4.11. The summed E-state index contributed by atoms with van der Waals surface area (Å²) < 4.78 is 4.96. The molecule has 0 aromatic carbocycles. The Balaban J connectivity index is 2.81. The Labute approximate surface area is 96.8 Å². The van der Waals surface area contributed by atoms with Crippen molar-refractivity contribution in [2.45, 2.75) is 13.8 Å². The van der Waals surface area contributed by atoms with E-state index < -0.39 is 11.9 Å². The molecule has 0 saturated heterocycles. The number of carboxylic acid groups (broad SMARTS) is 1. The minimum atomic E-state index is -1.13. The van der Waals surface area contributed by atoms with E-state index in [0.29, 0.717) is 0 Å². The molecule has 0 fully saturated rings. The fourth-order valence-corrected chi connectivity index (χ4v) is 1.81. The molecule has 6 heteroatoms. The van der Waals surface area contributed by atoms with Gasteiger partial charge in [-0.15, -0.1) is 11.3 Å². The maximum Gasteiger partial charge on any atom is 0.348 e. The second kappa shape index (κ2) is 4.98. The third-order valence-corrected chi connectivity index (χ3v) is 2.78. The molecular formula is C10H13NO4S. The van der Waals surface area contributed by atoms with E-state index in [2.05, 4.69) is 0 Å². The number of ether oxygens (including phenoxy) is 1. The smallest absolute Gasteiger partial charge is 0.348 e. The number of carboxylic acids is 1. The van der Waals surface area contributed by atoms with Crippen LogP contribution in [0.15, 0.2) is 5.38 Å². The highest BCUT2D eigenvalue weighted by Crippen LogP contribution is 2.25. The lowest BCUT2D eigenvalue weighted by molar-refractivity contribution is 0.0461. The predicted molar refractivity (Wildman–Crippen MR) is 60.8 cm³/mol. The summed E-state index contributed by atoms with van der Waals surface area (Å²) in [4.78, 5) is 22.2. The second-order valence-corrected chi connectivity index (χ2v) is 4.57. The van der Waals surface area contributed by atoms with Crippen molar-refractivity contribution in [2.75, 3.05) is 12.3 Å². The van der Waals surface area contributed by atoms with Crippen molar-refractivity contribution in [1.29, 1.82) is 0 Å². The van der Waals surface area contributed by atoms with E-state index in [4.69, 9.17) is 15.6 Å². The van der Waals surface area contributed by atoms with Gasteiger partial charge in [0.15, 0.2) is 0 Å². The van der Waals surface area contributed by atoms with Crippen molar-refractivity contribution in [3.63, 3.8) is 0 Å². The number of anilines is 1. The van der Waals surface area contributed by atoms with E-state index in [-0.39, 0.29) is 28.7 Å². The number of nitrogens with two attached hydrogens (primary N) is 1. The van der Waals surface area contributed by atoms with E-state index in [1.165, 1.54) is 5.38 Å². The van der Waals surface area contributed by atoms with Gasteiger partial charge >= 0.3 is 11.9 Å². The first-order chi connectivity index (χ1) is 7.43. The molecule has 0 aliphatic heterocycles. The average Bonchev–Trinajstić information content (AvgIpc) is 2.56. The van der Waals surface area contributed by atoms with Crippen molar-refractivity contribution in [3.05, 3.63) is 15.8 Å². The van der Waals surface area contributed by atoms with Crippen LogP contribution in [0.5, 0.6) is 0 Å². The molecule has 3 N–H and O–H groups in total. The van der Waals surface area contributed by atoms with Gasteiger partial charge < -0.3 is 15.6 Å². The third kappa shape index (κ3) is 2.73. The maximum atomic E-state index is 11.5. The van der Waals surface area contributed by atoms with Crippen LogP contribution in [0, 0.1) is 5.92 Å². The molecule has 1 rings (SSSR count). The minimum Gasteiger partial charge on any atom is -0.477 e. The fraction of sp³-hybridized carbons (Fsp3) is 0.400. The third-order valence-electron chi connectivity index (χ3n) is 1.79. The molecule has 0 saturated carbocycles. The summed E-state index contributed by atoms with van der Waals surface area (Å²) in [6.07, 6.45) is 0. The molecule has 16 heavy (non-hydrogen) atoms. The van der Waals surface area contributed by atoms with Gasteiger partial charge in [-0.05, 0) is 5.92 Å². The lowest BCUT2D eigenvalue weighted by Gasteiger charge is -2.06. The Morgan fingerprint density at radius 3 is 2.62 bits per heavy atom. The highest BCUT2D eigenvalue weighted by atomic mass is 32.1. The largest absolute Gasteiger partial charge is 0.477 e. The number of rotatable bonds is 4.